The minimum absolute atomic E-state index is 0.0278. The van der Waals surface area contributed by atoms with Crippen molar-refractivity contribution in [3.05, 3.63) is 29.8 Å². The van der Waals surface area contributed by atoms with Crippen molar-refractivity contribution in [3.63, 3.8) is 0 Å². The topological polar surface area (TPSA) is 144 Å². The standard InChI is InChI=1S/C26H33F2N11O2/c1-37-8-6-16(7-9-37)32-23-30-14-26(29,15-31-23)22-34-24(38-10-12-41-13-11-38)36-25(35-22)39-17-4-3-5-18(40-2)19(17)33-21(39)20(27)28/h3-5,14,16,20H,6-13,15,29H2,1-2H3,(H,31,32). The number of aliphatic imine (C=N–C) groups is 2. The average molecular weight is 570 g/mol. The number of benzene rings is 1. The predicted octanol–water partition coefficient (Wildman–Crippen LogP) is 1.27. The molecule has 2 aromatic heterocycles. The van der Waals surface area contributed by atoms with Gasteiger partial charge >= 0.3 is 0 Å². The molecule has 3 aromatic rings. The van der Waals surface area contributed by atoms with Crippen LogP contribution in [0.5, 0.6) is 5.75 Å². The van der Waals surface area contributed by atoms with E-state index in [0.717, 1.165) is 25.9 Å². The van der Waals surface area contributed by atoms with Crippen LogP contribution in [0.15, 0.2) is 28.2 Å². The quantitative estimate of drug-likeness (QED) is 0.445. The van der Waals surface area contributed by atoms with Crippen molar-refractivity contribution in [1.29, 1.82) is 0 Å². The Bertz CT molecular complexity index is 1470. The summed E-state index contributed by atoms with van der Waals surface area (Å²) >= 11 is 0. The smallest absolute Gasteiger partial charge is 0.296 e. The monoisotopic (exact) mass is 569 g/mol. The molecule has 0 saturated carbocycles. The van der Waals surface area contributed by atoms with Crippen molar-refractivity contribution in [2.45, 2.75) is 30.8 Å². The first-order valence-electron chi connectivity index (χ1n) is 13.6. The molecule has 1 atom stereocenters. The van der Waals surface area contributed by atoms with E-state index >= 15 is 0 Å². The van der Waals surface area contributed by atoms with Crippen molar-refractivity contribution in [2.24, 2.45) is 15.7 Å². The van der Waals surface area contributed by atoms with E-state index in [1.165, 1.54) is 11.7 Å². The third-order valence-corrected chi connectivity index (χ3v) is 7.57. The number of hydrogen-bond donors (Lipinski definition) is 2. The number of alkyl halides is 2. The van der Waals surface area contributed by atoms with Crippen molar-refractivity contribution in [1.82, 2.24) is 34.7 Å². The average Bonchev–Trinajstić information content (AvgIpc) is 3.40. The first-order chi connectivity index (χ1) is 19.8. The van der Waals surface area contributed by atoms with Gasteiger partial charge in [-0.1, -0.05) is 6.07 Å². The molecule has 218 valence electrons. The highest BCUT2D eigenvalue weighted by molar-refractivity contribution is 5.93. The lowest BCUT2D eigenvalue weighted by Gasteiger charge is -2.31. The van der Waals surface area contributed by atoms with Crippen LogP contribution < -0.4 is 20.7 Å². The summed E-state index contributed by atoms with van der Waals surface area (Å²) in [7, 11) is 3.57. The number of nitrogens with one attached hydrogen (secondary N) is 1. The SMILES string of the molecule is COc1cccc2c1nc(C(F)F)n2-c1nc(N2CCOCC2)nc(C2(N)C=NC(NC3CCN(C)CC3)=NC2)n1. The minimum Gasteiger partial charge on any atom is -0.494 e. The summed E-state index contributed by atoms with van der Waals surface area (Å²) in [5.74, 6) is 0.798. The molecule has 3 aliphatic heterocycles. The predicted molar refractivity (Wildman–Crippen MR) is 149 cm³/mol. The molecule has 2 saturated heterocycles. The van der Waals surface area contributed by atoms with Gasteiger partial charge in [0.25, 0.3) is 6.43 Å². The number of methoxy groups -OCH3 is 1. The van der Waals surface area contributed by atoms with Crippen LogP contribution in [0.1, 0.15) is 30.9 Å². The molecule has 1 aromatic carbocycles. The highest BCUT2D eigenvalue weighted by Gasteiger charge is 2.35. The number of hydrogen-bond acceptors (Lipinski definition) is 12. The molecule has 3 aliphatic rings. The third-order valence-electron chi connectivity index (χ3n) is 7.57. The van der Waals surface area contributed by atoms with Crippen molar-refractivity contribution >= 4 is 29.2 Å². The molecule has 0 bridgehead atoms. The van der Waals surface area contributed by atoms with E-state index in [9.17, 15) is 8.78 Å². The second-order valence-electron chi connectivity index (χ2n) is 10.5. The molecule has 3 N–H and O–H groups in total. The fraction of sp³-hybridized carbons (Fsp3) is 0.538. The van der Waals surface area contributed by atoms with E-state index < -0.39 is 17.8 Å². The molecule has 41 heavy (non-hydrogen) atoms. The van der Waals surface area contributed by atoms with E-state index in [-0.39, 0.29) is 29.9 Å². The lowest BCUT2D eigenvalue weighted by atomic mass is 10.0. The summed E-state index contributed by atoms with van der Waals surface area (Å²) in [5, 5.41) is 3.40. The molecular formula is C26H33F2N11O2. The number of morpholine rings is 1. The van der Waals surface area contributed by atoms with Gasteiger partial charge < -0.3 is 30.3 Å². The highest BCUT2D eigenvalue weighted by atomic mass is 19.3. The lowest BCUT2D eigenvalue weighted by Crippen LogP contribution is -2.49. The Balaban J connectivity index is 1.39. The zero-order chi connectivity index (χ0) is 28.6. The highest BCUT2D eigenvalue weighted by Crippen LogP contribution is 2.32. The van der Waals surface area contributed by atoms with Gasteiger partial charge in [-0.25, -0.2) is 23.7 Å². The number of nitrogens with two attached hydrogens (primary N) is 1. The van der Waals surface area contributed by atoms with Gasteiger partial charge in [0.05, 0.1) is 32.4 Å². The fourth-order valence-electron chi connectivity index (χ4n) is 5.19. The number of aromatic nitrogens is 5. The van der Waals surface area contributed by atoms with Crippen LogP contribution in [0.25, 0.3) is 17.0 Å². The summed E-state index contributed by atoms with van der Waals surface area (Å²) < 4.78 is 40.8. The Kier molecular flexibility index (Phi) is 7.48. The van der Waals surface area contributed by atoms with E-state index in [2.05, 4.69) is 42.2 Å². The maximum atomic E-state index is 14.3. The van der Waals surface area contributed by atoms with Gasteiger partial charge in [-0.3, -0.25) is 4.57 Å². The van der Waals surface area contributed by atoms with E-state index in [4.69, 9.17) is 20.2 Å². The normalized spacial score (nSPS) is 22.4. The number of para-hydroxylation sites is 1. The number of nitrogens with zero attached hydrogens (tertiary/aromatic N) is 9. The number of ether oxygens (including phenoxy) is 2. The van der Waals surface area contributed by atoms with Crippen LogP contribution in [-0.2, 0) is 10.3 Å². The lowest BCUT2D eigenvalue weighted by molar-refractivity contribution is 0.122. The molecule has 0 amide bonds. The van der Waals surface area contributed by atoms with Gasteiger partial charge in [0.2, 0.25) is 17.9 Å². The fourth-order valence-corrected chi connectivity index (χ4v) is 5.19. The Hall–Kier alpha value is -3.82. The van der Waals surface area contributed by atoms with Crippen molar-refractivity contribution in [2.75, 3.05) is 65.0 Å². The molecule has 15 heteroatoms. The summed E-state index contributed by atoms with van der Waals surface area (Å²) in [6.07, 6.45) is 0.659. The second-order valence-corrected chi connectivity index (χ2v) is 10.5. The Labute approximate surface area is 235 Å². The van der Waals surface area contributed by atoms with Gasteiger partial charge in [0, 0.05) is 25.3 Å². The number of anilines is 1. The molecule has 1 unspecified atom stereocenters. The zero-order valence-corrected chi connectivity index (χ0v) is 23.0. The van der Waals surface area contributed by atoms with Gasteiger partial charge in [-0.05, 0) is 45.1 Å². The first-order valence-corrected chi connectivity index (χ1v) is 13.6. The molecule has 2 fully saturated rings. The zero-order valence-electron chi connectivity index (χ0n) is 23.0. The van der Waals surface area contributed by atoms with Crippen LogP contribution in [0.3, 0.4) is 0 Å². The van der Waals surface area contributed by atoms with Crippen LogP contribution in [0, 0.1) is 0 Å². The molecule has 13 nitrogen and oxygen atoms in total. The summed E-state index contributed by atoms with van der Waals surface area (Å²) in [5.41, 5.74) is 6.15. The molecule has 5 heterocycles. The molecule has 0 aliphatic carbocycles. The Morgan fingerprint density at radius 2 is 1.83 bits per heavy atom. The number of rotatable bonds is 6. The molecule has 0 spiro atoms. The maximum Gasteiger partial charge on any atom is 0.296 e. The van der Waals surface area contributed by atoms with E-state index in [1.54, 1.807) is 24.4 Å². The molecule has 6 rings (SSSR count). The summed E-state index contributed by atoms with van der Waals surface area (Å²) in [6.45, 7) is 4.14. The third kappa shape index (κ3) is 5.44. The van der Waals surface area contributed by atoms with Crippen LogP contribution in [-0.4, -0.2) is 108 Å². The Morgan fingerprint density at radius 3 is 2.51 bits per heavy atom. The summed E-state index contributed by atoms with van der Waals surface area (Å²) in [4.78, 5) is 31.4. The number of likely N-dealkylation sites (tertiary alicyclic amines) is 1. The van der Waals surface area contributed by atoms with Crippen molar-refractivity contribution < 1.29 is 18.3 Å². The first kappa shape index (κ1) is 27.4. The Morgan fingerprint density at radius 1 is 1.07 bits per heavy atom. The second kappa shape index (κ2) is 11.2. The number of imidazole rings is 1. The van der Waals surface area contributed by atoms with Gasteiger partial charge in [0.15, 0.2) is 11.6 Å². The minimum atomic E-state index is -2.90. The van der Waals surface area contributed by atoms with Crippen LogP contribution in [0.4, 0.5) is 14.7 Å². The largest absolute Gasteiger partial charge is 0.494 e. The maximum absolute atomic E-state index is 14.3. The van der Waals surface area contributed by atoms with Crippen LogP contribution in [0.2, 0.25) is 0 Å². The molecule has 0 radical (unpaired) electrons. The van der Waals surface area contributed by atoms with E-state index in [1.807, 2.05) is 4.90 Å². The van der Waals surface area contributed by atoms with Crippen molar-refractivity contribution in [3.8, 4) is 11.7 Å². The van der Waals surface area contributed by atoms with E-state index in [0.29, 0.717) is 49.5 Å². The number of fused-ring (bicyclic) bond motifs is 1. The van der Waals surface area contributed by atoms with Gasteiger partial charge in [-0.15, -0.1) is 0 Å². The van der Waals surface area contributed by atoms with Gasteiger partial charge in [-0.2, -0.15) is 15.0 Å². The van der Waals surface area contributed by atoms with Crippen LogP contribution >= 0.6 is 0 Å². The van der Waals surface area contributed by atoms with Gasteiger partial charge in [0.1, 0.15) is 16.8 Å². The number of halogens is 2. The summed E-state index contributed by atoms with van der Waals surface area (Å²) in [6, 6.07) is 5.31. The number of piperidine rings is 1. The number of guanidine groups is 1. The molecular weight excluding hydrogens is 536 g/mol.